The van der Waals surface area contributed by atoms with Crippen molar-refractivity contribution in [3.8, 4) is 5.69 Å². The van der Waals surface area contributed by atoms with Gasteiger partial charge in [-0.2, -0.15) is 18.3 Å². The number of aryl methyl sites for hydroxylation is 3. The van der Waals surface area contributed by atoms with E-state index in [0.717, 1.165) is 40.3 Å². The number of hydrogen-bond donors (Lipinski definition) is 1. The van der Waals surface area contributed by atoms with Crippen molar-refractivity contribution in [3.63, 3.8) is 0 Å². The monoisotopic (exact) mass is 582 g/mol. The van der Waals surface area contributed by atoms with E-state index >= 15 is 0 Å². The number of hydrazone groups is 1. The van der Waals surface area contributed by atoms with E-state index in [1.807, 2.05) is 45.9 Å². The normalized spacial score (nSPS) is 12.1. The van der Waals surface area contributed by atoms with Gasteiger partial charge >= 0.3 is 6.18 Å². The highest BCUT2D eigenvalue weighted by Crippen LogP contribution is 2.33. The Kier molecular flexibility index (Phi) is 8.39. The maximum Gasteiger partial charge on any atom is 0.416 e. The quantitative estimate of drug-likeness (QED) is 0.202. The van der Waals surface area contributed by atoms with Gasteiger partial charge in [-0.1, -0.05) is 30.3 Å². The third kappa shape index (κ3) is 6.51. The predicted octanol–water partition coefficient (Wildman–Crippen LogP) is 6.08. The summed E-state index contributed by atoms with van der Waals surface area (Å²) in [6.07, 6.45) is -3.26. The number of aromatic nitrogens is 1. The second-order valence-electron chi connectivity index (χ2n) is 9.60. The van der Waals surface area contributed by atoms with E-state index in [1.54, 1.807) is 6.07 Å². The first-order valence-electron chi connectivity index (χ1n) is 12.6. The summed E-state index contributed by atoms with van der Waals surface area (Å²) in [5.41, 5.74) is 6.81. The van der Waals surface area contributed by atoms with E-state index in [-0.39, 0.29) is 10.6 Å². The maximum atomic E-state index is 13.4. The number of nitrogens with one attached hydrogen (secondary N) is 1. The lowest BCUT2D eigenvalue weighted by atomic mass is 10.1. The highest BCUT2D eigenvalue weighted by Gasteiger charge is 2.33. The molecule has 0 saturated carbocycles. The average Bonchev–Trinajstić information content (AvgIpc) is 3.21. The minimum atomic E-state index is -4.70. The molecular formula is C30H29F3N4O3S. The molecule has 7 nitrogen and oxygen atoms in total. The molecular weight excluding hydrogens is 553 g/mol. The molecule has 41 heavy (non-hydrogen) atoms. The average molecular weight is 583 g/mol. The molecule has 0 fully saturated rings. The summed E-state index contributed by atoms with van der Waals surface area (Å²) in [5, 5.41) is 4.00. The molecule has 0 spiro atoms. The molecule has 4 aromatic rings. The van der Waals surface area contributed by atoms with Crippen LogP contribution in [-0.2, 0) is 21.0 Å². The lowest BCUT2D eigenvalue weighted by Gasteiger charge is -2.24. The van der Waals surface area contributed by atoms with Gasteiger partial charge in [-0.15, -0.1) is 0 Å². The SMILES string of the molecule is Cc1ccc(-n2c(C)cc(/C=N/NC(=O)CN(c3cccc(C(F)(F)F)c3)S(=O)(=O)c3ccccc3)c2C)cc1C. The molecule has 1 heterocycles. The smallest absolute Gasteiger partial charge is 0.318 e. The minimum Gasteiger partial charge on any atom is -0.318 e. The number of hydrogen-bond acceptors (Lipinski definition) is 4. The van der Waals surface area contributed by atoms with E-state index in [2.05, 4.69) is 21.2 Å². The van der Waals surface area contributed by atoms with Crippen LogP contribution in [0.3, 0.4) is 0 Å². The summed E-state index contributed by atoms with van der Waals surface area (Å²) in [4.78, 5) is 12.7. The lowest BCUT2D eigenvalue weighted by Crippen LogP contribution is -2.39. The van der Waals surface area contributed by atoms with E-state index in [4.69, 9.17) is 0 Å². The highest BCUT2D eigenvalue weighted by molar-refractivity contribution is 7.92. The van der Waals surface area contributed by atoms with Crippen molar-refractivity contribution in [2.75, 3.05) is 10.8 Å². The van der Waals surface area contributed by atoms with Crippen LogP contribution in [0.1, 0.15) is 33.6 Å². The summed E-state index contributed by atoms with van der Waals surface area (Å²) in [6, 6.07) is 19.0. The van der Waals surface area contributed by atoms with Crippen molar-refractivity contribution in [2.45, 2.75) is 38.8 Å². The number of rotatable bonds is 8. The predicted molar refractivity (Wildman–Crippen MR) is 153 cm³/mol. The Morgan fingerprint density at radius 1 is 0.927 bits per heavy atom. The van der Waals surface area contributed by atoms with Crippen LogP contribution in [0.25, 0.3) is 5.69 Å². The third-order valence-electron chi connectivity index (χ3n) is 6.69. The number of nitrogens with zero attached hydrogens (tertiary/aromatic N) is 3. The van der Waals surface area contributed by atoms with Crippen molar-refractivity contribution in [1.29, 1.82) is 0 Å². The molecule has 0 bridgehead atoms. The maximum absolute atomic E-state index is 13.4. The van der Waals surface area contributed by atoms with Crippen LogP contribution < -0.4 is 9.73 Å². The van der Waals surface area contributed by atoms with Gasteiger partial charge in [-0.25, -0.2) is 13.8 Å². The molecule has 0 aliphatic heterocycles. The van der Waals surface area contributed by atoms with Crippen LogP contribution in [0, 0.1) is 27.7 Å². The molecule has 1 amide bonds. The summed E-state index contributed by atoms with van der Waals surface area (Å²) in [5.74, 6) is -0.832. The Balaban J connectivity index is 1.59. The van der Waals surface area contributed by atoms with E-state index in [1.165, 1.54) is 42.1 Å². The molecule has 3 aromatic carbocycles. The van der Waals surface area contributed by atoms with Gasteiger partial charge < -0.3 is 4.57 Å². The van der Waals surface area contributed by atoms with Crippen molar-refractivity contribution in [1.82, 2.24) is 9.99 Å². The summed E-state index contributed by atoms with van der Waals surface area (Å²) in [6.45, 7) is 7.13. The number of alkyl halides is 3. The van der Waals surface area contributed by atoms with Gasteiger partial charge in [-0.3, -0.25) is 9.10 Å². The number of anilines is 1. The van der Waals surface area contributed by atoms with Crippen LogP contribution in [0.4, 0.5) is 18.9 Å². The fourth-order valence-electron chi connectivity index (χ4n) is 4.39. The van der Waals surface area contributed by atoms with Gasteiger partial charge in [0.1, 0.15) is 6.54 Å². The Hall–Kier alpha value is -4.38. The van der Waals surface area contributed by atoms with Crippen molar-refractivity contribution >= 4 is 27.8 Å². The summed E-state index contributed by atoms with van der Waals surface area (Å²) < 4.78 is 69.7. The van der Waals surface area contributed by atoms with Crippen LogP contribution in [0.5, 0.6) is 0 Å². The molecule has 0 saturated heterocycles. The molecule has 0 radical (unpaired) electrons. The zero-order valence-corrected chi connectivity index (χ0v) is 23.7. The van der Waals surface area contributed by atoms with Gasteiger partial charge in [0.15, 0.2) is 0 Å². The second-order valence-corrected chi connectivity index (χ2v) is 11.5. The number of carbonyl (C=O) groups excluding carboxylic acids is 1. The first-order chi connectivity index (χ1) is 19.3. The summed E-state index contributed by atoms with van der Waals surface area (Å²) >= 11 is 0. The zero-order chi connectivity index (χ0) is 29.9. The third-order valence-corrected chi connectivity index (χ3v) is 8.48. The van der Waals surface area contributed by atoms with Crippen molar-refractivity contribution in [2.24, 2.45) is 5.10 Å². The molecule has 1 aromatic heterocycles. The molecule has 0 aliphatic carbocycles. The highest BCUT2D eigenvalue weighted by atomic mass is 32.2. The van der Waals surface area contributed by atoms with Crippen molar-refractivity contribution in [3.05, 3.63) is 113 Å². The number of amides is 1. The molecule has 214 valence electrons. The standard InChI is InChI=1S/C30H29F3N4O3S/c1-20-13-14-27(15-21(20)2)37-22(3)16-24(23(37)4)18-34-35-29(38)19-36(41(39,40)28-11-6-5-7-12-28)26-10-8-9-25(17-26)30(31,32)33/h5-18H,19H2,1-4H3,(H,35,38)/b34-18+. The van der Waals surface area contributed by atoms with E-state index in [9.17, 15) is 26.4 Å². The van der Waals surface area contributed by atoms with Crippen LogP contribution in [0.15, 0.2) is 88.9 Å². The van der Waals surface area contributed by atoms with Gasteiger partial charge in [-0.05, 0) is 87.4 Å². The Labute approximate surface area is 237 Å². The zero-order valence-electron chi connectivity index (χ0n) is 22.9. The number of halogens is 3. The molecule has 4 rings (SSSR count). The van der Waals surface area contributed by atoms with E-state index < -0.39 is 34.2 Å². The number of carbonyl (C=O) groups is 1. The van der Waals surface area contributed by atoms with Crippen LogP contribution >= 0.6 is 0 Å². The molecule has 0 unspecified atom stereocenters. The topological polar surface area (TPSA) is 83.8 Å². The van der Waals surface area contributed by atoms with Gasteiger partial charge in [0.05, 0.1) is 22.4 Å². The molecule has 1 N–H and O–H groups in total. The first kappa shape index (κ1) is 29.6. The van der Waals surface area contributed by atoms with Crippen molar-refractivity contribution < 1.29 is 26.4 Å². The minimum absolute atomic E-state index is 0.174. The fraction of sp³-hybridized carbons (Fsp3) is 0.200. The second kappa shape index (κ2) is 11.6. The van der Waals surface area contributed by atoms with Gasteiger partial charge in [0.25, 0.3) is 15.9 Å². The Morgan fingerprint density at radius 2 is 1.63 bits per heavy atom. The van der Waals surface area contributed by atoms with Gasteiger partial charge in [0, 0.05) is 22.6 Å². The number of sulfonamides is 1. The van der Waals surface area contributed by atoms with E-state index in [0.29, 0.717) is 10.4 Å². The molecule has 0 aliphatic rings. The fourth-order valence-corrected chi connectivity index (χ4v) is 5.83. The van der Waals surface area contributed by atoms with Gasteiger partial charge in [0.2, 0.25) is 0 Å². The first-order valence-corrected chi connectivity index (χ1v) is 14.1. The van der Waals surface area contributed by atoms with Crippen LogP contribution in [0.2, 0.25) is 0 Å². The Morgan fingerprint density at radius 3 is 2.29 bits per heavy atom. The lowest BCUT2D eigenvalue weighted by molar-refractivity contribution is -0.137. The Bertz CT molecular complexity index is 1710. The van der Waals surface area contributed by atoms with Crippen LogP contribution in [-0.4, -0.2) is 31.7 Å². The number of benzene rings is 3. The largest absolute Gasteiger partial charge is 0.416 e. The summed E-state index contributed by atoms with van der Waals surface area (Å²) in [7, 11) is -4.39. The molecule has 11 heteroatoms. The molecule has 0 atom stereocenters.